The number of carbonyl (C=O) groups is 1. The Hall–Kier alpha value is -1.70. The Labute approximate surface area is 123 Å². The van der Waals surface area contributed by atoms with Crippen LogP contribution in [0, 0.1) is 10.1 Å². The van der Waals surface area contributed by atoms with Gasteiger partial charge in [0.25, 0.3) is 0 Å². The van der Waals surface area contributed by atoms with Crippen LogP contribution in [-0.4, -0.2) is 46.4 Å². The highest BCUT2D eigenvalue weighted by Gasteiger charge is 2.37. The highest BCUT2D eigenvalue weighted by Crippen LogP contribution is 2.32. The second-order valence-corrected chi connectivity index (χ2v) is 5.91. The molecule has 1 saturated heterocycles. The lowest BCUT2D eigenvalue weighted by Gasteiger charge is -2.34. The van der Waals surface area contributed by atoms with Gasteiger partial charge in [0, 0.05) is 35.9 Å². The van der Waals surface area contributed by atoms with Gasteiger partial charge in [0.05, 0.1) is 11.5 Å². The number of halogens is 1. The van der Waals surface area contributed by atoms with Gasteiger partial charge in [-0.3, -0.25) is 14.9 Å². The van der Waals surface area contributed by atoms with Crippen LogP contribution in [0.2, 0.25) is 0 Å². The lowest BCUT2D eigenvalue weighted by atomic mass is 10.2. The topological polar surface area (TPSA) is 79.6 Å². The molecule has 2 heterocycles. The van der Waals surface area contributed by atoms with Gasteiger partial charge in [-0.25, -0.2) is 4.98 Å². The third-order valence-corrected chi connectivity index (χ3v) is 3.99. The minimum atomic E-state index is -0.467. The highest BCUT2D eigenvalue weighted by molar-refractivity contribution is 9.10. The van der Waals surface area contributed by atoms with Gasteiger partial charge in [0.2, 0.25) is 11.7 Å². The highest BCUT2D eigenvalue weighted by atomic mass is 79.9. The monoisotopic (exact) mass is 340 g/mol. The summed E-state index contributed by atoms with van der Waals surface area (Å²) in [5.41, 5.74) is -0.0768. The van der Waals surface area contributed by atoms with E-state index in [1.165, 1.54) is 12.3 Å². The molecule has 0 aromatic carbocycles. The van der Waals surface area contributed by atoms with Gasteiger partial charge in [0.1, 0.15) is 0 Å². The van der Waals surface area contributed by atoms with Crippen molar-refractivity contribution in [2.24, 2.45) is 0 Å². The molecule has 1 amide bonds. The Balaban J connectivity index is 1.83. The molecule has 2 fully saturated rings. The zero-order valence-corrected chi connectivity index (χ0v) is 12.2. The molecular formula is C12H13BrN4O3. The van der Waals surface area contributed by atoms with E-state index in [9.17, 15) is 14.9 Å². The minimum Gasteiger partial charge on any atom is -0.340 e. The van der Waals surface area contributed by atoms with Crippen LogP contribution in [-0.2, 0) is 4.79 Å². The average molecular weight is 341 g/mol. The molecule has 2 aliphatic rings. The van der Waals surface area contributed by atoms with Crippen LogP contribution >= 0.6 is 15.9 Å². The Morgan fingerprint density at radius 3 is 2.75 bits per heavy atom. The van der Waals surface area contributed by atoms with Gasteiger partial charge in [0.15, 0.2) is 0 Å². The molecule has 106 valence electrons. The van der Waals surface area contributed by atoms with E-state index >= 15 is 0 Å². The van der Waals surface area contributed by atoms with E-state index < -0.39 is 4.92 Å². The van der Waals surface area contributed by atoms with Crippen LogP contribution in [0.4, 0.5) is 11.5 Å². The van der Waals surface area contributed by atoms with Crippen LogP contribution in [0.5, 0.6) is 0 Å². The van der Waals surface area contributed by atoms with Gasteiger partial charge in [-0.05, 0) is 28.8 Å². The SMILES string of the molecule is O=C1CN(c2ncc(Br)cc2[N+](=O)[O-])CCN1C1CC1. The number of hydrogen-bond acceptors (Lipinski definition) is 5. The third-order valence-electron chi connectivity index (χ3n) is 3.56. The maximum Gasteiger partial charge on any atom is 0.312 e. The summed E-state index contributed by atoms with van der Waals surface area (Å²) in [5.74, 6) is 0.291. The van der Waals surface area contributed by atoms with E-state index in [1.54, 1.807) is 4.90 Å². The predicted octanol–water partition coefficient (Wildman–Crippen LogP) is 1.56. The van der Waals surface area contributed by atoms with Gasteiger partial charge in [-0.15, -0.1) is 0 Å². The average Bonchev–Trinajstić information content (AvgIpc) is 3.22. The van der Waals surface area contributed by atoms with Crippen molar-refractivity contribution in [2.45, 2.75) is 18.9 Å². The van der Waals surface area contributed by atoms with Crippen molar-refractivity contribution >= 4 is 33.3 Å². The zero-order chi connectivity index (χ0) is 14.3. The van der Waals surface area contributed by atoms with E-state index in [2.05, 4.69) is 20.9 Å². The molecule has 0 atom stereocenters. The number of nitrogens with zero attached hydrogens (tertiary/aromatic N) is 4. The number of carbonyl (C=O) groups excluding carboxylic acids is 1. The third kappa shape index (κ3) is 2.47. The maximum atomic E-state index is 12.1. The molecule has 1 aliphatic carbocycles. The van der Waals surface area contributed by atoms with Crippen LogP contribution in [0.15, 0.2) is 16.7 Å². The Morgan fingerprint density at radius 1 is 1.40 bits per heavy atom. The zero-order valence-electron chi connectivity index (χ0n) is 10.7. The van der Waals surface area contributed by atoms with Crippen LogP contribution in [0.1, 0.15) is 12.8 Å². The van der Waals surface area contributed by atoms with Crippen LogP contribution < -0.4 is 4.90 Å². The van der Waals surface area contributed by atoms with Gasteiger partial charge >= 0.3 is 5.69 Å². The van der Waals surface area contributed by atoms with Crippen LogP contribution in [0.3, 0.4) is 0 Å². The smallest absolute Gasteiger partial charge is 0.312 e. The number of rotatable bonds is 3. The fraction of sp³-hybridized carbons (Fsp3) is 0.500. The summed E-state index contributed by atoms with van der Waals surface area (Å²) >= 11 is 3.18. The standard InChI is InChI=1S/C12H13BrN4O3/c13-8-5-10(17(19)20)12(14-6-8)15-3-4-16(9-1-2-9)11(18)7-15/h5-6,9H,1-4,7H2. The molecule has 1 aromatic heterocycles. The van der Waals surface area contributed by atoms with Gasteiger partial charge < -0.3 is 9.80 Å². The van der Waals surface area contributed by atoms with E-state index in [-0.39, 0.29) is 24.0 Å². The number of amides is 1. The second kappa shape index (κ2) is 5.01. The number of pyridine rings is 1. The van der Waals surface area contributed by atoms with Crippen LogP contribution in [0.25, 0.3) is 0 Å². The number of piperazine rings is 1. The van der Waals surface area contributed by atoms with Crippen molar-refractivity contribution in [3.63, 3.8) is 0 Å². The Morgan fingerprint density at radius 2 is 2.15 bits per heavy atom. The lowest BCUT2D eigenvalue weighted by molar-refractivity contribution is -0.384. The van der Waals surface area contributed by atoms with Crippen molar-refractivity contribution in [1.29, 1.82) is 0 Å². The number of hydrogen-bond donors (Lipinski definition) is 0. The van der Waals surface area contributed by atoms with Crippen molar-refractivity contribution < 1.29 is 9.72 Å². The van der Waals surface area contributed by atoms with Crippen molar-refractivity contribution in [2.75, 3.05) is 24.5 Å². The van der Waals surface area contributed by atoms with Crippen molar-refractivity contribution in [1.82, 2.24) is 9.88 Å². The molecule has 1 aromatic rings. The lowest BCUT2D eigenvalue weighted by Crippen LogP contribution is -2.51. The first-order valence-electron chi connectivity index (χ1n) is 6.40. The van der Waals surface area contributed by atoms with Crippen molar-refractivity contribution in [3.05, 3.63) is 26.9 Å². The second-order valence-electron chi connectivity index (χ2n) is 4.99. The van der Waals surface area contributed by atoms with Crippen molar-refractivity contribution in [3.8, 4) is 0 Å². The normalized spacial score (nSPS) is 19.4. The quantitative estimate of drug-likeness (QED) is 0.616. The molecule has 7 nitrogen and oxygen atoms in total. The summed E-state index contributed by atoms with van der Waals surface area (Å²) in [7, 11) is 0. The molecule has 0 unspecified atom stereocenters. The summed E-state index contributed by atoms with van der Waals surface area (Å²) in [5, 5.41) is 11.1. The Bertz CT molecular complexity index is 576. The summed E-state index contributed by atoms with van der Waals surface area (Å²) < 4.78 is 0.552. The molecular weight excluding hydrogens is 328 g/mol. The molecule has 3 rings (SSSR count). The first-order valence-corrected chi connectivity index (χ1v) is 7.20. The van der Waals surface area contributed by atoms with E-state index in [0.29, 0.717) is 23.6 Å². The summed E-state index contributed by atoms with van der Waals surface area (Å²) in [6, 6.07) is 1.80. The fourth-order valence-electron chi connectivity index (χ4n) is 2.44. The summed E-state index contributed by atoms with van der Waals surface area (Å²) in [4.78, 5) is 30.4. The number of nitro groups is 1. The number of aromatic nitrogens is 1. The summed E-state index contributed by atoms with van der Waals surface area (Å²) in [6.07, 6.45) is 3.66. The Kier molecular flexibility index (Phi) is 3.33. The predicted molar refractivity (Wildman–Crippen MR) is 75.5 cm³/mol. The van der Waals surface area contributed by atoms with Gasteiger partial charge in [-0.2, -0.15) is 0 Å². The molecule has 1 saturated carbocycles. The van der Waals surface area contributed by atoms with Gasteiger partial charge in [-0.1, -0.05) is 0 Å². The first kappa shape index (κ1) is 13.3. The largest absolute Gasteiger partial charge is 0.340 e. The molecule has 8 heteroatoms. The number of anilines is 1. The van der Waals surface area contributed by atoms with E-state index in [0.717, 1.165) is 12.8 Å². The molecule has 1 aliphatic heterocycles. The fourth-order valence-corrected chi connectivity index (χ4v) is 2.76. The minimum absolute atomic E-state index is 0.0257. The molecule has 20 heavy (non-hydrogen) atoms. The molecule has 0 N–H and O–H groups in total. The first-order chi connectivity index (χ1) is 9.56. The maximum absolute atomic E-state index is 12.1. The van der Waals surface area contributed by atoms with E-state index in [1.807, 2.05) is 4.90 Å². The summed E-state index contributed by atoms with van der Waals surface area (Å²) in [6.45, 7) is 1.35. The molecule has 0 spiro atoms. The molecule has 0 radical (unpaired) electrons. The molecule has 0 bridgehead atoms. The van der Waals surface area contributed by atoms with E-state index in [4.69, 9.17) is 0 Å².